The standard InChI is InChI=1S/C5H6N2O4.Na/c1-2-5(11,3(8)9)7-4(10)6-2;/h11H,1H2,(H,8,9)(H2,6,7,10);/q;+1/p-1. The van der Waals surface area contributed by atoms with E-state index >= 15 is 0 Å². The van der Waals surface area contributed by atoms with Crippen molar-refractivity contribution in [3.63, 3.8) is 0 Å². The van der Waals surface area contributed by atoms with E-state index in [4.69, 9.17) is 5.11 Å². The summed E-state index contributed by atoms with van der Waals surface area (Å²) in [6.07, 6.45) is 0. The summed E-state index contributed by atoms with van der Waals surface area (Å²) >= 11 is 0. The molecule has 0 aromatic rings. The molecule has 0 aromatic carbocycles. The monoisotopic (exact) mass is 180 g/mol. The van der Waals surface area contributed by atoms with E-state index in [0.29, 0.717) is 0 Å². The molecule has 7 heteroatoms. The van der Waals surface area contributed by atoms with Crippen molar-refractivity contribution in [2.75, 3.05) is 0 Å². The van der Waals surface area contributed by atoms with Crippen molar-refractivity contribution in [2.24, 2.45) is 0 Å². The number of rotatable bonds is 1. The van der Waals surface area contributed by atoms with E-state index in [0.717, 1.165) is 0 Å². The first-order valence-electron chi connectivity index (χ1n) is 2.69. The average Bonchev–Trinajstić information content (AvgIpc) is 2.08. The van der Waals surface area contributed by atoms with Crippen LogP contribution in [-0.4, -0.2) is 22.8 Å². The fourth-order valence-electron chi connectivity index (χ4n) is 0.673. The van der Waals surface area contributed by atoms with Crippen LogP contribution in [0.25, 0.3) is 0 Å². The van der Waals surface area contributed by atoms with Gasteiger partial charge in [0.05, 0.1) is 5.70 Å². The summed E-state index contributed by atoms with van der Waals surface area (Å²) in [6, 6.07) is -0.818. The Morgan fingerprint density at radius 1 is 1.67 bits per heavy atom. The Hall–Kier alpha value is -0.560. The number of nitrogens with one attached hydrogen (secondary N) is 2. The largest absolute Gasteiger partial charge is 1.00 e. The predicted octanol–water partition coefficient (Wildman–Crippen LogP) is -5.74. The smallest absolute Gasteiger partial charge is 0.544 e. The summed E-state index contributed by atoms with van der Waals surface area (Å²) in [5.74, 6) is -1.82. The van der Waals surface area contributed by atoms with Gasteiger partial charge in [-0.15, -0.1) is 0 Å². The van der Waals surface area contributed by atoms with Gasteiger partial charge in [-0.05, 0) is 0 Å². The number of aliphatic hydroxyl groups is 1. The molecule has 0 radical (unpaired) electrons. The second-order valence-electron chi connectivity index (χ2n) is 2.06. The van der Waals surface area contributed by atoms with Gasteiger partial charge in [0.25, 0.3) is 0 Å². The fourth-order valence-corrected chi connectivity index (χ4v) is 0.673. The maximum Gasteiger partial charge on any atom is 1.00 e. The van der Waals surface area contributed by atoms with Crippen molar-refractivity contribution in [3.8, 4) is 0 Å². The molecule has 0 aliphatic carbocycles. The molecule has 1 unspecified atom stereocenters. The van der Waals surface area contributed by atoms with Crippen LogP contribution in [0.1, 0.15) is 0 Å². The minimum atomic E-state index is -2.48. The van der Waals surface area contributed by atoms with Crippen LogP contribution in [0.4, 0.5) is 4.79 Å². The third kappa shape index (κ3) is 1.61. The molecule has 1 heterocycles. The average molecular weight is 180 g/mol. The van der Waals surface area contributed by atoms with Crippen molar-refractivity contribution in [1.82, 2.24) is 10.6 Å². The quantitative estimate of drug-likeness (QED) is 0.350. The van der Waals surface area contributed by atoms with Crippen LogP contribution in [0.15, 0.2) is 12.3 Å². The van der Waals surface area contributed by atoms with E-state index < -0.39 is 17.7 Å². The molecule has 1 rings (SSSR count). The summed E-state index contributed by atoms with van der Waals surface area (Å²) in [5.41, 5.74) is -2.82. The molecule has 0 saturated carbocycles. The number of hydrogen-bond donors (Lipinski definition) is 3. The van der Waals surface area contributed by atoms with Gasteiger partial charge in [0, 0.05) is 0 Å². The molecule has 1 atom stereocenters. The number of carboxylic acid groups (broad SMARTS) is 1. The Kier molecular flexibility index (Phi) is 3.28. The van der Waals surface area contributed by atoms with Crippen molar-refractivity contribution in [3.05, 3.63) is 12.3 Å². The predicted molar refractivity (Wildman–Crippen MR) is 30.8 cm³/mol. The zero-order valence-corrected chi connectivity index (χ0v) is 8.38. The van der Waals surface area contributed by atoms with Crippen LogP contribution in [0.5, 0.6) is 0 Å². The molecule has 0 bridgehead atoms. The van der Waals surface area contributed by atoms with E-state index in [9.17, 15) is 14.7 Å². The molecule has 2 amide bonds. The number of hydrogen-bond acceptors (Lipinski definition) is 4. The molecule has 1 fully saturated rings. The van der Waals surface area contributed by atoms with Gasteiger partial charge in [0.1, 0.15) is 5.97 Å². The van der Waals surface area contributed by atoms with Crippen molar-refractivity contribution >= 4 is 12.0 Å². The summed E-state index contributed by atoms with van der Waals surface area (Å²) < 4.78 is 0. The first-order valence-corrected chi connectivity index (χ1v) is 2.69. The maximum absolute atomic E-state index is 10.4. The molecule has 0 spiro atoms. The molecule has 6 nitrogen and oxygen atoms in total. The van der Waals surface area contributed by atoms with Gasteiger partial charge in [0.15, 0.2) is 0 Å². The van der Waals surface area contributed by atoms with Crippen molar-refractivity contribution in [2.45, 2.75) is 5.72 Å². The van der Waals surface area contributed by atoms with Gasteiger partial charge in [-0.1, -0.05) is 6.58 Å². The first-order chi connectivity index (χ1) is 4.97. The van der Waals surface area contributed by atoms with Crippen molar-refractivity contribution in [1.29, 1.82) is 0 Å². The fraction of sp³-hybridized carbons (Fsp3) is 0.200. The van der Waals surface area contributed by atoms with Gasteiger partial charge >= 0.3 is 35.6 Å². The number of carboxylic acids is 1. The first kappa shape index (κ1) is 11.4. The molecule has 0 aromatic heterocycles. The Balaban J connectivity index is 0.00000121. The number of amides is 2. The zero-order chi connectivity index (χ0) is 8.65. The Morgan fingerprint density at radius 3 is 2.33 bits per heavy atom. The van der Waals surface area contributed by atoms with Gasteiger partial charge < -0.3 is 20.3 Å². The van der Waals surface area contributed by atoms with E-state index in [1.807, 2.05) is 5.32 Å². The minimum absolute atomic E-state index is 0. The van der Waals surface area contributed by atoms with E-state index in [1.54, 1.807) is 5.32 Å². The SMILES string of the molecule is C=C1NC(=O)NC1(O)C(=O)[O-].[Na+]. The van der Waals surface area contributed by atoms with E-state index in [1.165, 1.54) is 0 Å². The van der Waals surface area contributed by atoms with Gasteiger partial charge in [0.2, 0.25) is 5.72 Å². The second-order valence-corrected chi connectivity index (χ2v) is 2.06. The Morgan fingerprint density at radius 2 is 2.17 bits per heavy atom. The number of carbonyl (C=O) groups is 2. The zero-order valence-electron chi connectivity index (χ0n) is 6.38. The normalized spacial score (nSPS) is 27.1. The second kappa shape index (κ2) is 3.44. The number of urea groups is 1. The van der Waals surface area contributed by atoms with E-state index in [-0.39, 0.29) is 35.3 Å². The van der Waals surface area contributed by atoms with Crippen LogP contribution in [0.2, 0.25) is 0 Å². The molecule has 12 heavy (non-hydrogen) atoms. The molecular weight excluding hydrogens is 175 g/mol. The van der Waals surface area contributed by atoms with Crippen LogP contribution in [0.3, 0.4) is 0 Å². The third-order valence-electron chi connectivity index (χ3n) is 1.29. The Bertz CT molecular complexity index is 254. The van der Waals surface area contributed by atoms with Crippen LogP contribution >= 0.6 is 0 Å². The van der Waals surface area contributed by atoms with E-state index in [2.05, 4.69) is 6.58 Å². The summed E-state index contributed by atoms with van der Waals surface area (Å²) in [6.45, 7) is 3.11. The molecule has 1 saturated heterocycles. The minimum Gasteiger partial charge on any atom is -0.544 e. The van der Waals surface area contributed by atoms with Gasteiger partial charge in [-0.25, -0.2) is 4.79 Å². The number of aliphatic carboxylic acids is 1. The number of carbonyl (C=O) groups excluding carboxylic acids is 2. The summed E-state index contributed by atoms with van der Waals surface area (Å²) in [4.78, 5) is 20.6. The maximum atomic E-state index is 10.4. The molecule has 1 aliphatic heterocycles. The third-order valence-corrected chi connectivity index (χ3v) is 1.29. The van der Waals surface area contributed by atoms with Crippen LogP contribution in [-0.2, 0) is 4.79 Å². The summed E-state index contributed by atoms with van der Waals surface area (Å²) in [5, 5.41) is 23.0. The van der Waals surface area contributed by atoms with Crippen LogP contribution in [0, 0.1) is 0 Å². The Labute approximate surface area is 89.9 Å². The molecular formula is C5H5N2NaO4. The van der Waals surface area contributed by atoms with Crippen LogP contribution < -0.4 is 45.3 Å². The summed E-state index contributed by atoms with van der Waals surface area (Å²) in [7, 11) is 0. The molecule has 60 valence electrons. The topological polar surface area (TPSA) is 101 Å². The van der Waals surface area contributed by atoms with Crippen molar-refractivity contribution < 1.29 is 49.4 Å². The molecule has 1 aliphatic rings. The molecule has 3 N–H and O–H groups in total. The van der Waals surface area contributed by atoms with Gasteiger partial charge in [-0.2, -0.15) is 0 Å². The van der Waals surface area contributed by atoms with Gasteiger partial charge in [-0.3, -0.25) is 5.32 Å².